The van der Waals surface area contributed by atoms with Crippen LogP contribution in [0.1, 0.15) is 17.9 Å². The van der Waals surface area contributed by atoms with Crippen LogP contribution in [0.2, 0.25) is 0 Å². The SMILES string of the molecule is COCCCNC(=O)CNCc1ccc(C)o1. The van der Waals surface area contributed by atoms with Crippen molar-refractivity contribution in [2.75, 3.05) is 26.8 Å². The monoisotopic (exact) mass is 240 g/mol. The number of hydrogen-bond donors (Lipinski definition) is 2. The maximum absolute atomic E-state index is 11.4. The fourth-order valence-corrected chi connectivity index (χ4v) is 1.39. The Morgan fingerprint density at radius 2 is 2.29 bits per heavy atom. The topological polar surface area (TPSA) is 63.5 Å². The molecule has 96 valence electrons. The number of amides is 1. The molecule has 0 spiro atoms. The molecule has 1 rings (SSSR count). The second-order valence-electron chi connectivity index (χ2n) is 3.81. The first-order valence-corrected chi connectivity index (χ1v) is 5.74. The summed E-state index contributed by atoms with van der Waals surface area (Å²) in [5, 5.41) is 5.82. The number of nitrogens with one attached hydrogen (secondary N) is 2. The van der Waals surface area contributed by atoms with Crippen LogP contribution in [0, 0.1) is 6.92 Å². The van der Waals surface area contributed by atoms with Gasteiger partial charge in [0.15, 0.2) is 0 Å². The third-order valence-electron chi connectivity index (χ3n) is 2.23. The number of carbonyl (C=O) groups excluding carboxylic acids is 1. The standard InChI is InChI=1S/C12H20N2O3/c1-10-4-5-11(17-10)8-13-9-12(15)14-6-3-7-16-2/h4-5,13H,3,6-9H2,1-2H3,(H,14,15). The molecule has 0 atom stereocenters. The van der Waals surface area contributed by atoms with E-state index in [9.17, 15) is 4.79 Å². The molecule has 0 aliphatic carbocycles. The van der Waals surface area contributed by atoms with Gasteiger partial charge in [-0.2, -0.15) is 0 Å². The molecule has 2 N–H and O–H groups in total. The molecule has 1 amide bonds. The van der Waals surface area contributed by atoms with Crippen LogP contribution in [0.15, 0.2) is 16.5 Å². The zero-order valence-electron chi connectivity index (χ0n) is 10.4. The quantitative estimate of drug-likeness (QED) is 0.661. The fraction of sp³-hybridized carbons (Fsp3) is 0.583. The van der Waals surface area contributed by atoms with Gasteiger partial charge in [0.05, 0.1) is 13.1 Å². The van der Waals surface area contributed by atoms with E-state index in [4.69, 9.17) is 9.15 Å². The van der Waals surface area contributed by atoms with E-state index in [1.807, 2.05) is 19.1 Å². The first-order valence-electron chi connectivity index (χ1n) is 5.74. The van der Waals surface area contributed by atoms with E-state index in [2.05, 4.69) is 10.6 Å². The number of carbonyl (C=O) groups is 1. The Hall–Kier alpha value is -1.33. The van der Waals surface area contributed by atoms with E-state index < -0.39 is 0 Å². The maximum atomic E-state index is 11.4. The Balaban J connectivity index is 2.04. The van der Waals surface area contributed by atoms with E-state index in [0.29, 0.717) is 26.2 Å². The molecule has 0 bridgehead atoms. The van der Waals surface area contributed by atoms with Gasteiger partial charge in [0.25, 0.3) is 0 Å². The molecule has 0 unspecified atom stereocenters. The molecule has 0 aliphatic heterocycles. The van der Waals surface area contributed by atoms with Crippen molar-refractivity contribution in [1.29, 1.82) is 0 Å². The Bertz CT molecular complexity index is 336. The molecular formula is C12H20N2O3. The van der Waals surface area contributed by atoms with Gasteiger partial charge in [0.2, 0.25) is 5.91 Å². The Labute approximate surface area is 102 Å². The Kier molecular flexibility index (Phi) is 6.35. The predicted molar refractivity (Wildman–Crippen MR) is 64.7 cm³/mol. The zero-order chi connectivity index (χ0) is 12.5. The van der Waals surface area contributed by atoms with Crippen molar-refractivity contribution in [2.24, 2.45) is 0 Å². The maximum Gasteiger partial charge on any atom is 0.233 e. The van der Waals surface area contributed by atoms with Gasteiger partial charge in [-0.25, -0.2) is 0 Å². The van der Waals surface area contributed by atoms with E-state index >= 15 is 0 Å². The molecule has 0 saturated carbocycles. The van der Waals surface area contributed by atoms with E-state index in [-0.39, 0.29) is 5.91 Å². The lowest BCUT2D eigenvalue weighted by Gasteiger charge is -2.05. The number of aryl methyl sites for hydroxylation is 1. The Morgan fingerprint density at radius 1 is 1.47 bits per heavy atom. The average molecular weight is 240 g/mol. The van der Waals surface area contributed by atoms with Crippen molar-refractivity contribution in [1.82, 2.24) is 10.6 Å². The molecule has 1 aromatic heterocycles. The molecule has 0 aliphatic rings. The summed E-state index contributed by atoms with van der Waals surface area (Å²) in [5.74, 6) is 1.71. The van der Waals surface area contributed by atoms with Crippen molar-refractivity contribution in [3.63, 3.8) is 0 Å². The molecule has 0 fully saturated rings. The first kappa shape index (κ1) is 13.7. The highest BCUT2D eigenvalue weighted by atomic mass is 16.5. The van der Waals surface area contributed by atoms with Gasteiger partial charge < -0.3 is 19.8 Å². The van der Waals surface area contributed by atoms with Gasteiger partial charge in [-0.05, 0) is 25.5 Å². The minimum absolute atomic E-state index is 0.00983. The first-order chi connectivity index (χ1) is 8.22. The zero-order valence-corrected chi connectivity index (χ0v) is 10.4. The normalized spacial score (nSPS) is 10.5. The lowest BCUT2D eigenvalue weighted by Crippen LogP contribution is -2.34. The van der Waals surface area contributed by atoms with Crippen LogP contribution < -0.4 is 10.6 Å². The summed E-state index contributed by atoms with van der Waals surface area (Å²) < 4.78 is 10.3. The average Bonchev–Trinajstić information content (AvgIpc) is 2.71. The third-order valence-corrected chi connectivity index (χ3v) is 2.23. The van der Waals surface area contributed by atoms with Crippen LogP contribution in [0.4, 0.5) is 0 Å². The molecule has 1 aromatic rings. The summed E-state index contributed by atoms with van der Waals surface area (Å²) in [6.07, 6.45) is 0.833. The molecule has 0 saturated heterocycles. The third kappa shape index (κ3) is 6.09. The largest absolute Gasteiger partial charge is 0.465 e. The van der Waals surface area contributed by atoms with Gasteiger partial charge >= 0.3 is 0 Å². The van der Waals surface area contributed by atoms with Gasteiger partial charge in [0, 0.05) is 20.3 Å². The van der Waals surface area contributed by atoms with Crippen LogP contribution in [0.25, 0.3) is 0 Å². The molecule has 1 heterocycles. The highest BCUT2D eigenvalue weighted by Gasteiger charge is 2.01. The minimum atomic E-state index is -0.00983. The molecule has 0 aromatic carbocycles. The van der Waals surface area contributed by atoms with E-state index in [0.717, 1.165) is 17.9 Å². The predicted octanol–water partition coefficient (Wildman–Crippen LogP) is 0.830. The summed E-state index contributed by atoms with van der Waals surface area (Å²) >= 11 is 0. The number of rotatable bonds is 8. The smallest absolute Gasteiger partial charge is 0.233 e. The highest BCUT2D eigenvalue weighted by Crippen LogP contribution is 2.04. The lowest BCUT2D eigenvalue weighted by atomic mass is 10.4. The summed E-state index contributed by atoms with van der Waals surface area (Å²) in [4.78, 5) is 11.4. The number of furan rings is 1. The van der Waals surface area contributed by atoms with Crippen molar-refractivity contribution in [2.45, 2.75) is 19.9 Å². The van der Waals surface area contributed by atoms with Gasteiger partial charge in [-0.1, -0.05) is 0 Å². The molecule has 5 nitrogen and oxygen atoms in total. The molecule has 17 heavy (non-hydrogen) atoms. The van der Waals surface area contributed by atoms with Crippen LogP contribution in [-0.4, -0.2) is 32.7 Å². The number of hydrogen-bond acceptors (Lipinski definition) is 4. The van der Waals surface area contributed by atoms with Gasteiger partial charge in [0.1, 0.15) is 11.5 Å². The fourth-order valence-electron chi connectivity index (χ4n) is 1.39. The second kappa shape index (κ2) is 7.86. The van der Waals surface area contributed by atoms with Crippen LogP contribution in [-0.2, 0) is 16.1 Å². The molecule has 0 radical (unpaired) electrons. The lowest BCUT2D eigenvalue weighted by molar-refractivity contribution is -0.120. The second-order valence-corrected chi connectivity index (χ2v) is 3.81. The van der Waals surface area contributed by atoms with Crippen molar-refractivity contribution in [3.8, 4) is 0 Å². The number of ether oxygens (including phenoxy) is 1. The molecular weight excluding hydrogens is 220 g/mol. The van der Waals surface area contributed by atoms with Crippen molar-refractivity contribution < 1.29 is 13.9 Å². The van der Waals surface area contributed by atoms with Gasteiger partial charge in [-0.15, -0.1) is 0 Å². The van der Waals surface area contributed by atoms with Crippen LogP contribution in [0.3, 0.4) is 0 Å². The van der Waals surface area contributed by atoms with E-state index in [1.54, 1.807) is 7.11 Å². The summed E-state index contributed by atoms with van der Waals surface area (Å²) in [7, 11) is 1.65. The summed E-state index contributed by atoms with van der Waals surface area (Å²) in [6.45, 7) is 4.08. The van der Waals surface area contributed by atoms with E-state index in [1.165, 1.54) is 0 Å². The van der Waals surface area contributed by atoms with Crippen molar-refractivity contribution in [3.05, 3.63) is 23.7 Å². The van der Waals surface area contributed by atoms with Crippen molar-refractivity contribution >= 4 is 5.91 Å². The summed E-state index contributed by atoms with van der Waals surface area (Å²) in [6, 6.07) is 3.81. The highest BCUT2D eigenvalue weighted by molar-refractivity contribution is 5.77. The summed E-state index contributed by atoms with van der Waals surface area (Å²) in [5.41, 5.74) is 0. The Morgan fingerprint density at radius 3 is 2.94 bits per heavy atom. The minimum Gasteiger partial charge on any atom is -0.465 e. The van der Waals surface area contributed by atoms with Crippen LogP contribution >= 0.6 is 0 Å². The van der Waals surface area contributed by atoms with Gasteiger partial charge in [-0.3, -0.25) is 4.79 Å². The van der Waals surface area contributed by atoms with Crippen LogP contribution in [0.5, 0.6) is 0 Å². The molecule has 5 heteroatoms. The number of methoxy groups -OCH3 is 1.